The Balaban J connectivity index is 1.71. The number of piperazine rings is 1. The van der Waals surface area contributed by atoms with E-state index in [1.807, 2.05) is 17.7 Å². The molecular formula is C27H40FN5O. The number of nitrogens with zero attached hydrogens (tertiary/aromatic N) is 5. The van der Waals surface area contributed by atoms with Crippen LogP contribution in [0.5, 0.6) is 0 Å². The molecule has 1 aliphatic heterocycles. The molecule has 0 N–H and O–H groups in total. The molecule has 1 amide bonds. The number of rotatable bonds is 8. The van der Waals surface area contributed by atoms with E-state index in [0.717, 1.165) is 87.6 Å². The second kappa shape index (κ2) is 10.9. The first kappa shape index (κ1) is 24.7. The summed E-state index contributed by atoms with van der Waals surface area (Å²) in [6, 6.07) is 6.63. The highest BCUT2D eigenvalue weighted by Crippen LogP contribution is 2.32. The molecule has 34 heavy (non-hydrogen) atoms. The van der Waals surface area contributed by atoms with Crippen LogP contribution in [0.15, 0.2) is 24.3 Å². The topological polar surface area (TPSA) is 44.6 Å². The fourth-order valence-electron chi connectivity index (χ4n) is 5.17. The molecule has 1 saturated heterocycles. The second-order valence-corrected chi connectivity index (χ2v) is 10.5. The number of carbonyl (C=O) groups excluding carboxylic acids is 1. The van der Waals surface area contributed by atoms with Crippen molar-refractivity contribution in [2.75, 3.05) is 44.7 Å². The maximum Gasteiger partial charge on any atom is 0.225 e. The van der Waals surface area contributed by atoms with Crippen molar-refractivity contribution in [2.45, 2.75) is 59.4 Å². The number of hydrogen-bond acceptors (Lipinski definition) is 4. The van der Waals surface area contributed by atoms with Crippen molar-refractivity contribution in [2.24, 2.45) is 11.8 Å². The maximum atomic E-state index is 14.1. The van der Waals surface area contributed by atoms with E-state index in [2.05, 4.69) is 35.6 Å². The van der Waals surface area contributed by atoms with Crippen LogP contribution in [0.1, 0.15) is 57.2 Å². The van der Waals surface area contributed by atoms with Crippen molar-refractivity contribution >= 4 is 11.7 Å². The Bertz CT molecular complexity index is 973. The van der Waals surface area contributed by atoms with E-state index in [9.17, 15) is 9.18 Å². The van der Waals surface area contributed by atoms with Crippen molar-refractivity contribution in [3.05, 3.63) is 41.3 Å². The summed E-state index contributed by atoms with van der Waals surface area (Å²) in [6.07, 6.45) is 5.29. The summed E-state index contributed by atoms with van der Waals surface area (Å²) >= 11 is 0. The first-order valence-corrected chi connectivity index (χ1v) is 12.9. The largest absolute Gasteiger partial charge is 0.354 e. The summed E-state index contributed by atoms with van der Waals surface area (Å²) in [5.74, 6) is 1.71. The van der Waals surface area contributed by atoms with Crippen LogP contribution in [0, 0.1) is 24.6 Å². The van der Waals surface area contributed by atoms with Gasteiger partial charge in [0, 0.05) is 44.2 Å². The molecule has 4 rings (SSSR count). The van der Waals surface area contributed by atoms with E-state index in [1.54, 1.807) is 6.07 Å². The first-order chi connectivity index (χ1) is 16.3. The Kier molecular flexibility index (Phi) is 7.91. The molecule has 186 valence electrons. The molecule has 0 atom stereocenters. The quantitative estimate of drug-likeness (QED) is 0.565. The lowest BCUT2D eigenvalue weighted by Crippen LogP contribution is -2.46. The number of carbonyl (C=O) groups is 1. The summed E-state index contributed by atoms with van der Waals surface area (Å²) in [5.41, 5.74) is 2.72. The summed E-state index contributed by atoms with van der Waals surface area (Å²) in [7, 11) is 2.14. The average molecular weight is 470 g/mol. The van der Waals surface area contributed by atoms with Gasteiger partial charge in [0.05, 0.1) is 17.9 Å². The van der Waals surface area contributed by atoms with Crippen LogP contribution in [-0.4, -0.2) is 65.3 Å². The van der Waals surface area contributed by atoms with Crippen molar-refractivity contribution in [1.82, 2.24) is 19.6 Å². The lowest BCUT2D eigenvalue weighted by Gasteiger charge is -2.35. The number of anilines is 1. The third-order valence-electron chi connectivity index (χ3n) is 7.35. The minimum Gasteiger partial charge on any atom is -0.354 e. The van der Waals surface area contributed by atoms with Crippen LogP contribution in [0.4, 0.5) is 10.2 Å². The zero-order chi connectivity index (χ0) is 24.2. The standard InChI is InChI=1S/C27H40FN5O/c1-20(2)12-13-32(27(34)22-8-5-6-9-22)19-25-21(3)29-33(24-11-7-10-23(28)18-24)26(25)31-16-14-30(4)15-17-31/h7,10-11,18,20,22H,5-6,8-9,12-17,19H2,1-4H3. The van der Waals surface area contributed by atoms with E-state index in [4.69, 9.17) is 5.10 Å². The molecule has 0 unspecified atom stereocenters. The normalized spacial score (nSPS) is 17.6. The summed E-state index contributed by atoms with van der Waals surface area (Å²) in [4.78, 5) is 20.3. The van der Waals surface area contributed by atoms with Gasteiger partial charge in [0.15, 0.2) is 0 Å². The van der Waals surface area contributed by atoms with E-state index >= 15 is 0 Å². The average Bonchev–Trinajstić information content (AvgIpc) is 3.45. The molecule has 6 nitrogen and oxygen atoms in total. The van der Waals surface area contributed by atoms with Crippen LogP contribution >= 0.6 is 0 Å². The zero-order valence-corrected chi connectivity index (χ0v) is 21.3. The van der Waals surface area contributed by atoms with Gasteiger partial charge in [0.2, 0.25) is 5.91 Å². The SMILES string of the molecule is Cc1nn(-c2cccc(F)c2)c(N2CCN(C)CC2)c1CN(CCC(C)C)C(=O)C1CCCC1. The molecule has 2 aromatic rings. The van der Waals surface area contributed by atoms with Gasteiger partial charge in [0.25, 0.3) is 0 Å². The molecule has 0 bridgehead atoms. The van der Waals surface area contributed by atoms with Gasteiger partial charge in [0.1, 0.15) is 11.6 Å². The summed E-state index contributed by atoms with van der Waals surface area (Å²) in [6.45, 7) is 11.5. The highest BCUT2D eigenvalue weighted by Gasteiger charge is 2.31. The van der Waals surface area contributed by atoms with E-state index in [1.165, 1.54) is 12.1 Å². The van der Waals surface area contributed by atoms with Crippen LogP contribution in [0.2, 0.25) is 0 Å². The summed E-state index contributed by atoms with van der Waals surface area (Å²) < 4.78 is 16.0. The van der Waals surface area contributed by atoms with Gasteiger partial charge in [-0.3, -0.25) is 4.79 Å². The number of hydrogen-bond donors (Lipinski definition) is 0. The van der Waals surface area contributed by atoms with Crippen LogP contribution in [0.25, 0.3) is 5.69 Å². The second-order valence-electron chi connectivity index (χ2n) is 10.5. The van der Waals surface area contributed by atoms with Gasteiger partial charge in [-0.25, -0.2) is 9.07 Å². The molecule has 1 aliphatic carbocycles. The Morgan fingerprint density at radius 2 is 1.88 bits per heavy atom. The van der Waals surface area contributed by atoms with Crippen LogP contribution in [-0.2, 0) is 11.3 Å². The van der Waals surface area contributed by atoms with Gasteiger partial charge >= 0.3 is 0 Å². The molecule has 7 heteroatoms. The lowest BCUT2D eigenvalue weighted by atomic mass is 10.0. The van der Waals surface area contributed by atoms with Gasteiger partial charge in [-0.05, 0) is 57.4 Å². The predicted molar refractivity (Wildman–Crippen MR) is 135 cm³/mol. The molecule has 2 aliphatic rings. The van der Waals surface area contributed by atoms with Gasteiger partial charge in [-0.1, -0.05) is 32.8 Å². The first-order valence-electron chi connectivity index (χ1n) is 12.9. The Morgan fingerprint density at radius 1 is 1.18 bits per heavy atom. The molecule has 0 spiro atoms. The highest BCUT2D eigenvalue weighted by molar-refractivity contribution is 5.79. The van der Waals surface area contributed by atoms with Crippen molar-refractivity contribution in [3.63, 3.8) is 0 Å². The van der Waals surface area contributed by atoms with Crippen LogP contribution in [0.3, 0.4) is 0 Å². The summed E-state index contributed by atoms with van der Waals surface area (Å²) in [5, 5.41) is 4.88. The zero-order valence-electron chi connectivity index (χ0n) is 21.3. The van der Waals surface area contributed by atoms with Crippen LogP contribution < -0.4 is 4.90 Å². The minimum atomic E-state index is -0.272. The maximum absolute atomic E-state index is 14.1. The molecule has 1 aromatic carbocycles. The van der Waals surface area contributed by atoms with Crippen molar-refractivity contribution in [1.29, 1.82) is 0 Å². The number of amides is 1. The fourth-order valence-corrected chi connectivity index (χ4v) is 5.17. The number of aryl methyl sites for hydroxylation is 1. The van der Waals surface area contributed by atoms with Gasteiger partial charge < -0.3 is 14.7 Å². The lowest BCUT2D eigenvalue weighted by molar-refractivity contribution is -0.136. The van der Waals surface area contributed by atoms with Gasteiger partial charge in [-0.2, -0.15) is 5.10 Å². The Labute approximate surface area is 203 Å². The molecular weight excluding hydrogens is 429 g/mol. The number of likely N-dealkylation sites (N-methyl/N-ethyl adjacent to an activating group) is 1. The van der Waals surface area contributed by atoms with E-state index in [-0.39, 0.29) is 11.7 Å². The van der Waals surface area contributed by atoms with Crippen molar-refractivity contribution in [3.8, 4) is 5.69 Å². The molecule has 0 radical (unpaired) electrons. The Hall–Kier alpha value is -2.41. The third kappa shape index (κ3) is 5.62. The number of benzene rings is 1. The number of halogens is 1. The predicted octanol–water partition coefficient (Wildman–Crippen LogP) is 4.64. The molecule has 1 saturated carbocycles. The van der Waals surface area contributed by atoms with Crippen molar-refractivity contribution < 1.29 is 9.18 Å². The molecule has 2 heterocycles. The monoisotopic (exact) mass is 469 g/mol. The van der Waals surface area contributed by atoms with E-state index < -0.39 is 0 Å². The third-order valence-corrected chi connectivity index (χ3v) is 7.35. The molecule has 2 fully saturated rings. The molecule has 1 aromatic heterocycles. The Morgan fingerprint density at radius 3 is 2.53 bits per heavy atom. The minimum absolute atomic E-state index is 0.151. The van der Waals surface area contributed by atoms with E-state index in [0.29, 0.717) is 18.4 Å². The highest BCUT2D eigenvalue weighted by atomic mass is 19.1. The fraction of sp³-hybridized carbons (Fsp3) is 0.630. The smallest absolute Gasteiger partial charge is 0.225 e. The van der Waals surface area contributed by atoms with Gasteiger partial charge in [-0.15, -0.1) is 0 Å². The number of aromatic nitrogens is 2.